The van der Waals surface area contributed by atoms with Crippen LogP contribution in [0.3, 0.4) is 0 Å². The van der Waals surface area contributed by atoms with Gasteiger partial charge in [0.1, 0.15) is 5.76 Å². The summed E-state index contributed by atoms with van der Waals surface area (Å²) in [7, 11) is 1.59. The highest BCUT2D eigenvalue weighted by molar-refractivity contribution is 5.94. The van der Waals surface area contributed by atoms with Crippen molar-refractivity contribution in [3.05, 3.63) is 11.8 Å². The zero-order chi connectivity index (χ0) is 18.4. The monoisotopic (exact) mass is 352 g/mol. The van der Waals surface area contributed by atoms with Gasteiger partial charge >= 0.3 is 6.09 Å². The van der Waals surface area contributed by atoms with Crippen molar-refractivity contribution in [1.29, 1.82) is 0 Å². The average Bonchev–Trinajstić information content (AvgIpc) is 2.99. The van der Waals surface area contributed by atoms with Crippen LogP contribution in [0.15, 0.2) is 10.6 Å². The number of aryl methyl sites for hydroxylation is 1. The number of aromatic nitrogens is 1. The lowest BCUT2D eigenvalue weighted by atomic mass is 9.95. The predicted octanol–water partition coefficient (Wildman–Crippen LogP) is 1.25. The Hall–Kier alpha value is -2.58. The zero-order valence-electron chi connectivity index (χ0n) is 14.8. The SMILES string of the molecule is CCOC(=O)N1CCC(C(=O)N(C)CC(=O)Nc2cc(C)on2)CC1. The fraction of sp³-hybridized carbons (Fsp3) is 0.625. The van der Waals surface area contributed by atoms with Crippen LogP contribution in [0.25, 0.3) is 0 Å². The zero-order valence-corrected chi connectivity index (χ0v) is 14.8. The number of hydrogen-bond donors (Lipinski definition) is 1. The highest BCUT2D eigenvalue weighted by atomic mass is 16.6. The molecule has 0 bridgehead atoms. The van der Waals surface area contributed by atoms with Gasteiger partial charge in [0.15, 0.2) is 5.82 Å². The van der Waals surface area contributed by atoms with Crippen molar-refractivity contribution in [2.24, 2.45) is 5.92 Å². The number of carbonyl (C=O) groups is 3. The number of carbonyl (C=O) groups excluding carboxylic acids is 3. The summed E-state index contributed by atoms with van der Waals surface area (Å²) >= 11 is 0. The maximum Gasteiger partial charge on any atom is 0.409 e. The molecule has 138 valence electrons. The molecular weight excluding hydrogens is 328 g/mol. The first kappa shape index (κ1) is 18.8. The van der Waals surface area contributed by atoms with Crippen LogP contribution in [0, 0.1) is 12.8 Å². The molecule has 1 aliphatic rings. The van der Waals surface area contributed by atoms with Gasteiger partial charge < -0.3 is 24.4 Å². The number of nitrogens with zero attached hydrogens (tertiary/aromatic N) is 3. The Labute approximate surface area is 146 Å². The van der Waals surface area contributed by atoms with E-state index in [1.165, 1.54) is 4.90 Å². The number of nitrogens with one attached hydrogen (secondary N) is 1. The Morgan fingerprint density at radius 2 is 2.08 bits per heavy atom. The number of likely N-dealkylation sites (N-methyl/N-ethyl adjacent to an activating group) is 1. The van der Waals surface area contributed by atoms with Crippen molar-refractivity contribution in [2.75, 3.05) is 38.6 Å². The molecule has 0 aromatic carbocycles. The first-order valence-electron chi connectivity index (χ1n) is 8.30. The van der Waals surface area contributed by atoms with Crippen molar-refractivity contribution < 1.29 is 23.6 Å². The highest BCUT2D eigenvalue weighted by Crippen LogP contribution is 2.20. The van der Waals surface area contributed by atoms with Gasteiger partial charge in [-0.3, -0.25) is 9.59 Å². The number of hydrogen-bond acceptors (Lipinski definition) is 6. The summed E-state index contributed by atoms with van der Waals surface area (Å²) in [5.74, 6) is 0.278. The van der Waals surface area contributed by atoms with Gasteiger partial charge in [-0.05, 0) is 26.7 Å². The molecule has 0 saturated carbocycles. The molecule has 3 amide bonds. The van der Waals surface area contributed by atoms with Crippen molar-refractivity contribution in [1.82, 2.24) is 15.0 Å². The molecule has 9 heteroatoms. The largest absolute Gasteiger partial charge is 0.450 e. The molecule has 1 saturated heterocycles. The molecule has 25 heavy (non-hydrogen) atoms. The van der Waals surface area contributed by atoms with Crippen LogP contribution >= 0.6 is 0 Å². The fourth-order valence-electron chi connectivity index (χ4n) is 2.74. The molecule has 0 aliphatic carbocycles. The van der Waals surface area contributed by atoms with Crippen LogP contribution in [0.2, 0.25) is 0 Å². The van der Waals surface area contributed by atoms with Crippen LogP contribution in [0.1, 0.15) is 25.5 Å². The van der Waals surface area contributed by atoms with E-state index in [2.05, 4.69) is 10.5 Å². The van der Waals surface area contributed by atoms with Crippen molar-refractivity contribution >= 4 is 23.7 Å². The molecule has 0 radical (unpaired) electrons. The van der Waals surface area contributed by atoms with Crippen LogP contribution in [-0.2, 0) is 14.3 Å². The summed E-state index contributed by atoms with van der Waals surface area (Å²) in [4.78, 5) is 39.1. The minimum atomic E-state index is -0.343. The minimum absolute atomic E-state index is 0.0666. The maximum atomic E-state index is 12.5. The molecule has 0 atom stereocenters. The number of amides is 3. The molecule has 1 aromatic heterocycles. The normalized spacial score (nSPS) is 14.9. The van der Waals surface area contributed by atoms with Gasteiger partial charge in [-0.25, -0.2) is 4.79 Å². The lowest BCUT2D eigenvalue weighted by Crippen LogP contribution is -2.45. The predicted molar refractivity (Wildman–Crippen MR) is 88.8 cm³/mol. The summed E-state index contributed by atoms with van der Waals surface area (Å²) in [6.07, 6.45) is 0.780. The van der Waals surface area contributed by atoms with E-state index in [-0.39, 0.29) is 30.4 Å². The molecule has 1 aliphatic heterocycles. The molecule has 1 N–H and O–H groups in total. The minimum Gasteiger partial charge on any atom is -0.450 e. The summed E-state index contributed by atoms with van der Waals surface area (Å²) < 4.78 is 9.83. The third-order valence-electron chi connectivity index (χ3n) is 4.02. The third-order valence-corrected chi connectivity index (χ3v) is 4.02. The average molecular weight is 352 g/mol. The molecule has 2 heterocycles. The second kappa shape index (κ2) is 8.50. The number of likely N-dealkylation sites (tertiary alicyclic amines) is 1. The van der Waals surface area contributed by atoms with E-state index in [9.17, 15) is 14.4 Å². The smallest absolute Gasteiger partial charge is 0.409 e. The van der Waals surface area contributed by atoms with Crippen molar-refractivity contribution in [3.63, 3.8) is 0 Å². The summed E-state index contributed by atoms with van der Waals surface area (Å²) in [6, 6.07) is 1.60. The lowest BCUT2D eigenvalue weighted by molar-refractivity contribution is -0.138. The standard InChI is InChI=1S/C16H24N4O5/c1-4-24-16(23)20-7-5-12(6-8-20)15(22)19(3)10-14(21)17-13-9-11(2)25-18-13/h9,12H,4-8,10H2,1-3H3,(H,17,18,21). The molecule has 1 aromatic rings. The van der Waals surface area contributed by atoms with E-state index in [1.54, 1.807) is 31.9 Å². The van der Waals surface area contributed by atoms with E-state index < -0.39 is 0 Å². The first-order chi connectivity index (χ1) is 11.9. The number of anilines is 1. The number of rotatable bonds is 5. The quantitative estimate of drug-likeness (QED) is 0.855. The van der Waals surface area contributed by atoms with Gasteiger partial charge in [-0.1, -0.05) is 5.16 Å². The van der Waals surface area contributed by atoms with Gasteiger partial charge in [-0.15, -0.1) is 0 Å². The molecule has 9 nitrogen and oxygen atoms in total. The van der Waals surface area contributed by atoms with E-state index in [0.717, 1.165) is 0 Å². The molecule has 0 spiro atoms. The Balaban J connectivity index is 1.78. The third kappa shape index (κ3) is 5.20. The topological polar surface area (TPSA) is 105 Å². The van der Waals surface area contributed by atoms with E-state index in [1.807, 2.05) is 0 Å². The number of piperidine rings is 1. The molecular formula is C16H24N4O5. The fourth-order valence-corrected chi connectivity index (χ4v) is 2.74. The van der Waals surface area contributed by atoms with Gasteiger partial charge in [0.05, 0.1) is 13.2 Å². The second-order valence-corrected chi connectivity index (χ2v) is 6.03. The molecule has 1 fully saturated rings. The lowest BCUT2D eigenvalue weighted by Gasteiger charge is -2.32. The maximum absolute atomic E-state index is 12.5. The van der Waals surface area contributed by atoms with E-state index in [4.69, 9.17) is 9.26 Å². The van der Waals surface area contributed by atoms with E-state index in [0.29, 0.717) is 44.1 Å². The van der Waals surface area contributed by atoms with Crippen LogP contribution in [0.5, 0.6) is 0 Å². The summed E-state index contributed by atoms with van der Waals surface area (Å²) in [5, 5.41) is 6.26. The molecule has 2 rings (SSSR count). The second-order valence-electron chi connectivity index (χ2n) is 6.03. The van der Waals surface area contributed by atoms with Gasteiger partial charge in [0, 0.05) is 32.1 Å². The van der Waals surface area contributed by atoms with E-state index >= 15 is 0 Å². The summed E-state index contributed by atoms with van der Waals surface area (Å²) in [5.41, 5.74) is 0. The van der Waals surface area contributed by atoms with Crippen LogP contribution < -0.4 is 5.32 Å². The van der Waals surface area contributed by atoms with Crippen LogP contribution in [0.4, 0.5) is 10.6 Å². The Morgan fingerprint density at radius 3 is 2.64 bits per heavy atom. The van der Waals surface area contributed by atoms with Crippen molar-refractivity contribution in [2.45, 2.75) is 26.7 Å². The Bertz CT molecular complexity index is 622. The Morgan fingerprint density at radius 1 is 1.40 bits per heavy atom. The Kier molecular flexibility index (Phi) is 6.37. The first-order valence-corrected chi connectivity index (χ1v) is 8.30. The van der Waals surface area contributed by atoms with Gasteiger partial charge in [0.25, 0.3) is 0 Å². The number of ether oxygens (including phenoxy) is 1. The van der Waals surface area contributed by atoms with Crippen LogP contribution in [-0.4, -0.2) is 66.2 Å². The summed E-state index contributed by atoms with van der Waals surface area (Å²) in [6.45, 7) is 4.71. The molecule has 0 unspecified atom stereocenters. The van der Waals surface area contributed by atoms with Crippen molar-refractivity contribution in [3.8, 4) is 0 Å². The van der Waals surface area contributed by atoms with Gasteiger partial charge in [0.2, 0.25) is 11.8 Å². The highest BCUT2D eigenvalue weighted by Gasteiger charge is 2.30. The van der Waals surface area contributed by atoms with Gasteiger partial charge in [-0.2, -0.15) is 0 Å².